The maximum atomic E-state index is 5.87. The Balaban J connectivity index is 3.10. The summed E-state index contributed by atoms with van der Waals surface area (Å²) < 4.78 is 10.5. The Morgan fingerprint density at radius 3 is 2.43 bits per heavy atom. The monoisotopic (exact) mass is 215 g/mol. The molecule has 14 heavy (non-hydrogen) atoms. The minimum Gasteiger partial charge on any atom is -0.348 e. The second kappa shape index (κ2) is 4.75. The van der Waals surface area contributed by atoms with Crippen molar-refractivity contribution in [1.29, 1.82) is 0 Å². The van der Waals surface area contributed by atoms with E-state index in [1.54, 1.807) is 26.4 Å². The number of ether oxygens (including phenoxy) is 2. The van der Waals surface area contributed by atoms with Crippen LogP contribution in [0.1, 0.15) is 5.56 Å². The molecule has 0 heterocycles. The van der Waals surface area contributed by atoms with Crippen molar-refractivity contribution >= 4 is 11.6 Å². The molecule has 78 valence electrons. The zero-order chi connectivity index (χ0) is 10.6. The first-order chi connectivity index (χ1) is 6.68. The van der Waals surface area contributed by atoms with Crippen molar-refractivity contribution in [2.45, 2.75) is 5.79 Å². The highest BCUT2D eigenvalue weighted by Gasteiger charge is 2.30. The molecule has 0 spiro atoms. The van der Waals surface area contributed by atoms with Crippen LogP contribution in [0.15, 0.2) is 24.3 Å². The number of hydrogen-bond donors (Lipinski definition) is 1. The third-order valence-electron chi connectivity index (χ3n) is 2.19. The maximum Gasteiger partial charge on any atom is 0.207 e. The Kier molecular flexibility index (Phi) is 3.89. The summed E-state index contributed by atoms with van der Waals surface area (Å²) in [5.41, 5.74) is 6.43. The molecular weight excluding hydrogens is 202 g/mol. The summed E-state index contributed by atoms with van der Waals surface area (Å²) in [6.07, 6.45) is 0. The van der Waals surface area contributed by atoms with Crippen molar-refractivity contribution in [2.75, 3.05) is 20.8 Å². The summed E-state index contributed by atoms with van der Waals surface area (Å²) in [6.45, 7) is 0.236. The highest BCUT2D eigenvalue weighted by molar-refractivity contribution is 6.30. The standard InChI is InChI=1S/C10H14ClNO2/c1-13-10(7-12,14-2)8-4-3-5-9(11)6-8/h3-6H,7,12H2,1-2H3. The van der Waals surface area contributed by atoms with Gasteiger partial charge in [-0.15, -0.1) is 0 Å². The number of halogens is 1. The quantitative estimate of drug-likeness (QED) is 0.779. The molecule has 1 rings (SSSR count). The van der Waals surface area contributed by atoms with E-state index in [-0.39, 0.29) is 6.54 Å². The molecule has 2 N–H and O–H groups in total. The predicted molar refractivity (Wildman–Crippen MR) is 56.2 cm³/mol. The molecule has 0 radical (unpaired) electrons. The summed E-state index contributed by atoms with van der Waals surface area (Å²) in [6, 6.07) is 7.27. The van der Waals surface area contributed by atoms with Crippen LogP contribution in [0.25, 0.3) is 0 Å². The molecule has 0 aliphatic rings. The van der Waals surface area contributed by atoms with E-state index in [1.807, 2.05) is 12.1 Å². The van der Waals surface area contributed by atoms with E-state index in [1.165, 1.54) is 0 Å². The lowest BCUT2D eigenvalue weighted by molar-refractivity contribution is -0.207. The molecule has 0 bridgehead atoms. The van der Waals surface area contributed by atoms with E-state index in [2.05, 4.69) is 0 Å². The summed E-state index contributed by atoms with van der Waals surface area (Å²) in [4.78, 5) is 0. The topological polar surface area (TPSA) is 44.5 Å². The van der Waals surface area contributed by atoms with Gasteiger partial charge in [-0.05, 0) is 12.1 Å². The van der Waals surface area contributed by atoms with Crippen LogP contribution in [0, 0.1) is 0 Å². The first-order valence-corrected chi connectivity index (χ1v) is 4.62. The van der Waals surface area contributed by atoms with Crippen molar-refractivity contribution < 1.29 is 9.47 Å². The smallest absolute Gasteiger partial charge is 0.207 e. The molecule has 3 nitrogen and oxygen atoms in total. The molecule has 0 atom stereocenters. The normalized spacial score (nSPS) is 11.7. The molecule has 0 unspecified atom stereocenters. The Morgan fingerprint density at radius 2 is 2.00 bits per heavy atom. The fourth-order valence-electron chi connectivity index (χ4n) is 1.33. The average molecular weight is 216 g/mol. The van der Waals surface area contributed by atoms with E-state index >= 15 is 0 Å². The lowest BCUT2D eigenvalue weighted by Crippen LogP contribution is -2.38. The summed E-state index contributed by atoms with van der Waals surface area (Å²) >= 11 is 5.87. The minimum atomic E-state index is -0.898. The van der Waals surface area contributed by atoms with Crippen molar-refractivity contribution in [2.24, 2.45) is 5.73 Å². The van der Waals surface area contributed by atoms with Crippen LogP contribution >= 0.6 is 11.6 Å². The van der Waals surface area contributed by atoms with Gasteiger partial charge in [0, 0.05) is 24.8 Å². The van der Waals surface area contributed by atoms with E-state index in [9.17, 15) is 0 Å². The van der Waals surface area contributed by atoms with Crippen LogP contribution < -0.4 is 5.73 Å². The van der Waals surface area contributed by atoms with Gasteiger partial charge in [-0.1, -0.05) is 23.7 Å². The zero-order valence-electron chi connectivity index (χ0n) is 8.29. The summed E-state index contributed by atoms with van der Waals surface area (Å²) in [5.74, 6) is -0.898. The van der Waals surface area contributed by atoms with E-state index in [4.69, 9.17) is 26.8 Å². The van der Waals surface area contributed by atoms with Gasteiger partial charge in [-0.3, -0.25) is 0 Å². The largest absolute Gasteiger partial charge is 0.348 e. The number of rotatable bonds is 4. The third-order valence-corrected chi connectivity index (χ3v) is 2.43. The fourth-order valence-corrected chi connectivity index (χ4v) is 1.52. The zero-order valence-corrected chi connectivity index (χ0v) is 9.04. The van der Waals surface area contributed by atoms with Gasteiger partial charge < -0.3 is 15.2 Å². The second-order valence-corrected chi connectivity index (χ2v) is 3.31. The number of hydrogen-bond acceptors (Lipinski definition) is 3. The van der Waals surface area contributed by atoms with Crippen molar-refractivity contribution in [3.8, 4) is 0 Å². The van der Waals surface area contributed by atoms with E-state index in [0.717, 1.165) is 5.56 Å². The Morgan fingerprint density at radius 1 is 1.36 bits per heavy atom. The van der Waals surface area contributed by atoms with Crippen LogP contribution in [0.3, 0.4) is 0 Å². The van der Waals surface area contributed by atoms with Crippen LogP contribution in [-0.4, -0.2) is 20.8 Å². The van der Waals surface area contributed by atoms with Crippen LogP contribution in [-0.2, 0) is 15.3 Å². The van der Waals surface area contributed by atoms with Gasteiger partial charge in [-0.25, -0.2) is 0 Å². The lowest BCUT2D eigenvalue weighted by atomic mass is 10.1. The molecule has 0 amide bonds. The molecule has 1 aromatic rings. The van der Waals surface area contributed by atoms with Gasteiger partial charge in [0.1, 0.15) is 0 Å². The van der Waals surface area contributed by atoms with Gasteiger partial charge in [0.05, 0.1) is 6.54 Å². The summed E-state index contributed by atoms with van der Waals surface area (Å²) in [7, 11) is 3.11. The van der Waals surface area contributed by atoms with Gasteiger partial charge in [0.2, 0.25) is 5.79 Å². The summed E-state index contributed by atoms with van der Waals surface area (Å²) in [5, 5.41) is 0.634. The van der Waals surface area contributed by atoms with Gasteiger partial charge >= 0.3 is 0 Å². The SMILES string of the molecule is COC(CN)(OC)c1cccc(Cl)c1. The molecule has 0 saturated heterocycles. The third kappa shape index (κ3) is 2.07. The van der Waals surface area contributed by atoms with Gasteiger partial charge in [0.25, 0.3) is 0 Å². The molecule has 0 aliphatic heterocycles. The second-order valence-electron chi connectivity index (χ2n) is 2.88. The van der Waals surface area contributed by atoms with E-state index < -0.39 is 5.79 Å². The molecule has 4 heteroatoms. The highest BCUT2D eigenvalue weighted by Crippen LogP contribution is 2.26. The molecule has 0 aromatic heterocycles. The maximum absolute atomic E-state index is 5.87. The Labute approximate surface area is 88.8 Å². The molecule has 0 saturated carbocycles. The molecule has 1 aromatic carbocycles. The molecule has 0 fully saturated rings. The first kappa shape index (κ1) is 11.5. The fraction of sp³-hybridized carbons (Fsp3) is 0.400. The van der Waals surface area contributed by atoms with Crippen LogP contribution in [0.2, 0.25) is 5.02 Å². The average Bonchev–Trinajstić information content (AvgIpc) is 2.22. The number of methoxy groups -OCH3 is 2. The predicted octanol–water partition coefficient (Wildman–Crippen LogP) is 1.74. The Hall–Kier alpha value is -0.610. The van der Waals surface area contributed by atoms with Gasteiger partial charge in [-0.2, -0.15) is 0 Å². The van der Waals surface area contributed by atoms with Crippen LogP contribution in [0.5, 0.6) is 0 Å². The van der Waals surface area contributed by atoms with Crippen molar-refractivity contribution in [3.05, 3.63) is 34.9 Å². The van der Waals surface area contributed by atoms with Crippen molar-refractivity contribution in [1.82, 2.24) is 0 Å². The Bertz CT molecular complexity index is 292. The number of nitrogens with two attached hydrogens (primary N) is 1. The molecule has 0 aliphatic carbocycles. The van der Waals surface area contributed by atoms with Crippen LogP contribution in [0.4, 0.5) is 0 Å². The highest BCUT2D eigenvalue weighted by atomic mass is 35.5. The minimum absolute atomic E-state index is 0.236. The van der Waals surface area contributed by atoms with Gasteiger partial charge in [0.15, 0.2) is 0 Å². The lowest BCUT2D eigenvalue weighted by Gasteiger charge is -2.29. The van der Waals surface area contributed by atoms with E-state index in [0.29, 0.717) is 5.02 Å². The number of benzene rings is 1. The molecular formula is C10H14ClNO2. The first-order valence-electron chi connectivity index (χ1n) is 4.25. The van der Waals surface area contributed by atoms with Crippen molar-refractivity contribution in [3.63, 3.8) is 0 Å².